The Hall–Kier alpha value is -1.59. The van der Waals surface area contributed by atoms with Crippen LogP contribution in [0.5, 0.6) is 0 Å². The van der Waals surface area contributed by atoms with Gasteiger partial charge in [-0.1, -0.05) is 37.3 Å². The third kappa shape index (κ3) is 4.95. The van der Waals surface area contributed by atoms with Gasteiger partial charge in [0.1, 0.15) is 0 Å². The Bertz CT molecular complexity index is 548. The van der Waals surface area contributed by atoms with Crippen LogP contribution in [0.3, 0.4) is 0 Å². The first kappa shape index (κ1) is 18.2. The molecule has 2 fully saturated rings. The molecule has 0 amide bonds. The van der Waals surface area contributed by atoms with Crippen LogP contribution in [0.25, 0.3) is 0 Å². The molecule has 5 heteroatoms. The van der Waals surface area contributed by atoms with Crippen molar-refractivity contribution in [2.45, 2.75) is 44.8 Å². The maximum atomic E-state index is 6.12. The summed E-state index contributed by atoms with van der Waals surface area (Å²) >= 11 is 0. The van der Waals surface area contributed by atoms with Gasteiger partial charge in [-0.2, -0.15) is 0 Å². The number of guanidine groups is 1. The molecule has 0 aliphatic carbocycles. The molecule has 3 atom stereocenters. The van der Waals surface area contributed by atoms with Crippen molar-refractivity contribution in [1.82, 2.24) is 10.2 Å². The lowest BCUT2D eigenvalue weighted by Crippen LogP contribution is -2.43. The summed E-state index contributed by atoms with van der Waals surface area (Å²) in [7, 11) is 0. The molecule has 0 aromatic heterocycles. The normalized spacial score (nSPS) is 28.2. The van der Waals surface area contributed by atoms with Crippen LogP contribution in [0.2, 0.25) is 0 Å². The van der Waals surface area contributed by atoms with E-state index in [4.69, 9.17) is 10.5 Å². The first-order chi connectivity index (χ1) is 12.3. The van der Waals surface area contributed by atoms with E-state index in [0.717, 1.165) is 39.1 Å². The van der Waals surface area contributed by atoms with E-state index in [1.54, 1.807) is 0 Å². The van der Waals surface area contributed by atoms with Crippen molar-refractivity contribution in [2.24, 2.45) is 16.6 Å². The highest BCUT2D eigenvalue weighted by Gasteiger charge is 2.27. The Labute approximate surface area is 151 Å². The van der Waals surface area contributed by atoms with E-state index < -0.39 is 0 Å². The standard InChI is InChI=1S/C20H32N4O/c1-2-24-12-6-11-18(24)15-23-20(21)22-14-17-10-7-13-25-19(17)16-8-4-3-5-9-16/h3-5,8-9,17-19H,2,6-7,10-15H2,1H3,(H3,21,22,23). The Morgan fingerprint density at radius 3 is 2.92 bits per heavy atom. The van der Waals surface area contributed by atoms with Crippen molar-refractivity contribution < 1.29 is 4.74 Å². The molecule has 0 spiro atoms. The van der Waals surface area contributed by atoms with Gasteiger partial charge in [0.15, 0.2) is 5.96 Å². The molecule has 3 N–H and O–H groups in total. The van der Waals surface area contributed by atoms with Crippen molar-refractivity contribution in [1.29, 1.82) is 0 Å². The summed E-state index contributed by atoms with van der Waals surface area (Å²) < 4.78 is 6.04. The van der Waals surface area contributed by atoms with Crippen LogP contribution in [0.15, 0.2) is 35.3 Å². The smallest absolute Gasteiger partial charge is 0.188 e. The zero-order valence-electron chi connectivity index (χ0n) is 15.4. The van der Waals surface area contributed by atoms with Crippen molar-refractivity contribution in [2.75, 3.05) is 32.8 Å². The Morgan fingerprint density at radius 1 is 1.28 bits per heavy atom. The second-order valence-corrected chi connectivity index (χ2v) is 7.14. The van der Waals surface area contributed by atoms with Crippen molar-refractivity contribution in [3.8, 4) is 0 Å². The van der Waals surface area contributed by atoms with Gasteiger partial charge >= 0.3 is 0 Å². The van der Waals surface area contributed by atoms with E-state index in [9.17, 15) is 0 Å². The van der Waals surface area contributed by atoms with E-state index >= 15 is 0 Å². The number of hydrogen-bond acceptors (Lipinski definition) is 3. The molecule has 5 nitrogen and oxygen atoms in total. The molecule has 2 heterocycles. The molecule has 2 aliphatic rings. The van der Waals surface area contributed by atoms with Gasteiger partial charge in [-0.05, 0) is 44.3 Å². The Morgan fingerprint density at radius 2 is 2.12 bits per heavy atom. The molecule has 0 saturated carbocycles. The van der Waals surface area contributed by atoms with Crippen LogP contribution in [-0.2, 0) is 4.74 Å². The van der Waals surface area contributed by atoms with Crippen LogP contribution in [0.4, 0.5) is 0 Å². The summed E-state index contributed by atoms with van der Waals surface area (Å²) in [6.07, 6.45) is 4.92. The fraction of sp³-hybridized carbons (Fsp3) is 0.650. The second kappa shape index (κ2) is 9.20. The maximum absolute atomic E-state index is 6.12. The summed E-state index contributed by atoms with van der Waals surface area (Å²) in [6.45, 7) is 7.00. The number of aliphatic imine (C=N–C) groups is 1. The van der Waals surface area contributed by atoms with Crippen molar-refractivity contribution in [3.63, 3.8) is 0 Å². The summed E-state index contributed by atoms with van der Waals surface area (Å²) in [5, 5.41) is 3.33. The van der Waals surface area contributed by atoms with Gasteiger partial charge in [0.25, 0.3) is 0 Å². The summed E-state index contributed by atoms with van der Waals surface area (Å²) in [5.41, 5.74) is 7.37. The fourth-order valence-corrected chi connectivity index (χ4v) is 4.08. The van der Waals surface area contributed by atoms with Crippen LogP contribution in [0, 0.1) is 5.92 Å². The van der Waals surface area contributed by atoms with Crippen molar-refractivity contribution in [3.05, 3.63) is 35.9 Å². The summed E-state index contributed by atoms with van der Waals surface area (Å²) in [4.78, 5) is 7.13. The molecular formula is C20H32N4O. The van der Waals surface area contributed by atoms with E-state index in [1.165, 1.54) is 24.9 Å². The van der Waals surface area contributed by atoms with Crippen molar-refractivity contribution >= 4 is 5.96 Å². The van der Waals surface area contributed by atoms with E-state index in [-0.39, 0.29) is 6.10 Å². The third-order valence-corrected chi connectivity index (χ3v) is 5.49. The molecular weight excluding hydrogens is 312 g/mol. The first-order valence-corrected chi connectivity index (χ1v) is 9.72. The average molecular weight is 345 g/mol. The minimum Gasteiger partial charge on any atom is -0.373 e. The van der Waals surface area contributed by atoms with Crippen LogP contribution >= 0.6 is 0 Å². The minimum atomic E-state index is 0.136. The highest BCUT2D eigenvalue weighted by molar-refractivity contribution is 5.77. The molecule has 25 heavy (non-hydrogen) atoms. The minimum absolute atomic E-state index is 0.136. The molecule has 2 aliphatic heterocycles. The number of likely N-dealkylation sites (N-methyl/N-ethyl adjacent to an activating group) is 1. The SMILES string of the molecule is CCN1CCCC1CNC(N)=NCC1CCCOC1c1ccccc1. The van der Waals surface area contributed by atoms with Gasteiger partial charge in [-0.25, -0.2) is 0 Å². The summed E-state index contributed by atoms with van der Waals surface area (Å²) in [6, 6.07) is 11.1. The zero-order chi connectivity index (χ0) is 17.5. The van der Waals surface area contributed by atoms with Gasteiger partial charge < -0.3 is 15.8 Å². The molecule has 2 saturated heterocycles. The van der Waals surface area contributed by atoms with Crippen LogP contribution in [-0.4, -0.2) is 49.7 Å². The van der Waals surface area contributed by atoms with Gasteiger partial charge in [0.2, 0.25) is 0 Å². The fourth-order valence-electron chi connectivity index (χ4n) is 4.08. The van der Waals surface area contributed by atoms with Gasteiger partial charge in [0, 0.05) is 31.7 Å². The predicted octanol–water partition coefficient (Wildman–Crippen LogP) is 2.54. The van der Waals surface area contributed by atoms with Crippen LogP contribution in [0.1, 0.15) is 44.3 Å². The van der Waals surface area contributed by atoms with E-state index in [2.05, 4.69) is 46.4 Å². The maximum Gasteiger partial charge on any atom is 0.188 e. The first-order valence-electron chi connectivity index (χ1n) is 9.72. The average Bonchev–Trinajstić information content (AvgIpc) is 3.13. The molecule has 3 rings (SSSR count). The van der Waals surface area contributed by atoms with Gasteiger partial charge in [-0.15, -0.1) is 0 Å². The molecule has 0 radical (unpaired) electrons. The second-order valence-electron chi connectivity index (χ2n) is 7.14. The quantitative estimate of drug-likeness (QED) is 0.615. The highest BCUT2D eigenvalue weighted by Crippen LogP contribution is 2.33. The number of ether oxygens (including phenoxy) is 1. The number of nitrogens with two attached hydrogens (primary N) is 1. The topological polar surface area (TPSA) is 62.9 Å². The van der Waals surface area contributed by atoms with Gasteiger partial charge in [0.05, 0.1) is 6.10 Å². The molecule has 3 unspecified atom stereocenters. The molecule has 1 aromatic carbocycles. The molecule has 0 bridgehead atoms. The van der Waals surface area contributed by atoms with E-state index in [1.807, 2.05) is 6.07 Å². The number of nitrogens with one attached hydrogen (secondary N) is 1. The lowest BCUT2D eigenvalue weighted by atomic mass is 9.89. The largest absolute Gasteiger partial charge is 0.373 e. The van der Waals surface area contributed by atoms with Crippen LogP contribution < -0.4 is 11.1 Å². The number of likely N-dealkylation sites (tertiary alicyclic amines) is 1. The number of rotatable bonds is 6. The Balaban J connectivity index is 1.52. The zero-order valence-corrected chi connectivity index (χ0v) is 15.4. The lowest BCUT2D eigenvalue weighted by molar-refractivity contribution is -0.0250. The lowest BCUT2D eigenvalue weighted by Gasteiger charge is -2.31. The summed E-state index contributed by atoms with van der Waals surface area (Å²) in [5.74, 6) is 0.968. The van der Waals surface area contributed by atoms with Gasteiger partial charge in [-0.3, -0.25) is 9.89 Å². The number of nitrogens with zero attached hydrogens (tertiary/aromatic N) is 2. The predicted molar refractivity (Wildman–Crippen MR) is 103 cm³/mol. The highest BCUT2D eigenvalue weighted by atomic mass is 16.5. The number of benzene rings is 1. The molecule has 138 valence electrons. The third-order valence-electron chi connectivity index (χ3n) is 5.49. The monoisotopic (exact) mass is 344 g/mol. The Kier molecular flexibility index (Phi) is 6.70. The molecule has 1 aromatic rings. The van der Waals surface area contributed by atoms with E-state index in [0.29, 0.717) is 17.9 Å². The number of hydrogen-bond donors (Lipinski definition) is 2.